The molecule has 98 valence electrons. The molecule has 1 aromatic heterocycles. The van der Waals surface area contributed by atoms with Crippen LogP contribution in [-0.2, 0) is 0 Å². The summed E-state index contributed by atoms with van der Waals surface area (Å²) in [5, 5.41) is 5.17. The Morgan fingerprint density at radius 3 is 2.75 bits per heavy atom. The summed E-state index contributed by atoms with van der Waals surface area (Å²) in [6.07, 6.45) is 5.85. The summed E-state index contributed by atoms with van der Waals surface area (Å²) in [4.78, 5) is 0. The Kier molecular flexibility index (Phi) is 3.24. The molecule has 1 atom stereocenters. The highest BCUT2D eigenvalue weighted by atomic mass is 16.5. The normalized spacial score (nSPS) is 12.2. The van der Waals surface area contributed by atoms with Crippen molar-refractivity contribution >= 4 is 11.0 Å². The van der Waals surface area contributed by atoms with E-state index in [1.165, 1.54) is 0 Å². The number of rotatable bonds is 3. The topological polar surface area (TPSA) is 52.0 Å². The fourth-order valence-corrected chi connectivity index (χ4v) is 2.35. The molecule has 0 amide bonds. The molecule has 0 spiro atoms. The van der Waals surface area contributed by atoms with Gasteiger partial charge in [-0.05, 0) is 17.7 Å². The SMILES string of the molecule is C#CC[C@@H](N)c1ccccc1-c1noc2ccccc12. The van der Waals surface area contributed by atoms with Crippen LogP contribution in [0.25, 0.3) is 22.2 Å². The number of para-hydroxylation sites is 1. The molecule has 2 N–H and O–H groups in total. The van der Waals surface area contributed by atoms with Gasteiger partial charge in [-0.2, -0.15) is 0 Å². The van der Waals surface area contributed by atoms with Crippen LogP contribution < -0.4 is 5.73 Å². The van der Waals surface area contributed by atoms with Gasteiger partial charge < -0.3 is 10.3 Å². The number of hydrogen-bond acceptors (Lipinski definition) is 3. The lowest BCUT2D eigenvalue weighted by molar-refractivity contribution is 0.459. The van der Waals surface area contributed by atoms with E-state index in [1.807, 2.05) is 48.5 Å². The molecule has 3 rings (SSSR count). The van der Waals surface area contributed by atoms with Crippen molar-refractivity contribution in [3.8, 4) is 23.6 Å². The van der Waals surface area contributed by atoms with Crippen LogP contribution in [0.3, 0.4) is 0 Å². The Hall–Kier alpha value is -2.57. The van der Waals surface area contributed by atoms with Crippen molar-refractivity contribution in [2.45, 2.75) is 12.5 Å². The molecule has 0 saturated heterocycles. The van der Waals surface area contributed by atoms with Crippen molar-refractivity contribution in [1.82, 2.24) is 5.16 Å². The van der Waals surface area contributed by atoms with Gasteiger partial charge in [-0.15, -0.1) is 12.3 Å². The van der Waals surface area contributed by atoms with Crippen molar-refractivity contribution in [2.24, 2.45) is 5.73 Å². The molecule has 0 aliphatic carbocycles. The van der Waals surface area contributed by atoms with E-state index in [0.717, 1.165) is 27.8 Å². The first-order chi connectivity index (χ1) is 9.81. The molecular formula is C17H14N2O. The van der Waals surface area contributed by atoms with Gasteiger partial charge in [0, 0.05) is 23.4 Å². The molecular weight excluding hydrogens is 248 g/mol. The third-order valence-electron chi connectivity index (χ3n) is 3.33. The molecule has 2 aromatic carbocycles. The lowest BCUT2D eigenvalue weighted by Gasteiger charge is -2.12. The summed E-state index contributed by atoms with van der Waals surface area (Å²) in [7, 11) is 0. The average Bonchev–Trinajstić information content (AvgIpc) is 2.91. The first kappa shape index (κ1) is 12.5. The maximum Gasteiger partial charge on any atom is 0.167 e. The lowest BCUT2D eigenvalue weighted by atomic mass is 9.95. The van der Waals surface area contributed by atoms with E-state index in [0.29, 0.717) is 6.42 Å². The molecule has 0 bridgehead atoms. The Labute approximate surface area is 117 Å². The van der Waals surface area contributed by atoms with E-state index in [4.69, 9.17) is 16.7 Å². The second kappa shape index (κ2) is 5.20. The minimum Gasteiger partial charge on any atom is -0.356 e. The van der Waals surface area contributed by atoms with Crippen molar-refractivity contribution in [3.05, 3.63) is 54.1 Å². The molecule has 0 unspecified atom stereocenters. The second-order valence-electron chi connectivity index (χ2n) is 4.63. The van der Waals surface area contributed by atoms with Crippen LogP contribution in [0.5, 0.6) is 0 Å². The van der Waals surface area contributed by atoms with Crippen molar-refractivity contribution in [2.75, 3.05) is 0 Å². The highest BCUT2D eigenvalue weighted by Crippen LogP contribution is 2.32. The van der Waals surface area contributed by atoms with E-state index in [1.54, 1.807) is 0 Å². The highest BCUT2D eigenvalue weighted by molar-refractivity contribution is 5.92. The van der Waals surface area contributed by atoms with Gasteiger partial charge in [-0.1, -0.05) is 41.6 Å². The molecule has 3 aromatic rings. The quantitative estimate of drug-likeness (QED) is 0.735. The first-order valence-corrected chi connectivity index (χ1v) is 6.44. The number of nitrogens with two attached hydrogens (primary N) is 1. The zero-order valence-electron chi connectivity index (χ0n) is 10.9. The monoisotopic (exact) mass is 262 g/mol. The third kappa shape index (κ3) is 2.07. The molecule has 0 fully saturated rings. The number of nitrogens with zero attached hydrogens (tertiary/aromatic N) is 1. The third-order valence-corrected chi connectivity index (χ3v) is 3.33. The summed E-state index contributed by atoms with van der Waals surface area (Å²) in [5.74, 6) is 2.61. The van der Waals surface area contributed by atoms with E-state index in [-0.39, 0.29) is 6.04 Å². The van der Waals surface area contributed by atoms with Gasteiger partial charge in [0.25, 0.3) is 0 Å². The van der Waals surface area contributed by atoms with Crippen LogP contribution in [0.15, 0.2) is 53.1 Å². The van der Waals surface area contributed by atoms with Gasteiger partial charge >= 0.3 is 0 Å². The average molecular weight is 262 g/mol. The van der Waals surface area contributed by atoms with E-state index in [2.05, 4.69) is 11.1 Å². The van der Waals surface area contributed by atoms with Crippen molar-refractivity contribution in [3.63, 3.8) is 0 Å². The first-order valence-electron chi connectivity index (χ1n) is 6.44. The summed E-state index contributed by atoms with van der Waals surface area (Å²) in [5.41, 5.74) is 9.69. The van der Waals surface area contributed by atoms with Gasteiger partial charge in [0.05, 0.1) is 0 Å². The number of hydrogen-bond donors (Lipinski definition) is 1. The summed E-state index contributed by atoms with van der Waals surface area (Å²) >= 11 is 0. The van der Waals surface area contributed by atoms with Crippen molar-refractivity contribution < 1.29 is 4.52 Å². The number of aromatic nitrogens is 1. The van der Waals surface area contributed by atoms with Gasteiger partial charge in [0.1, 0.15) is 5.69 Å². The summed E-state index contributed by atoms with van der Waals surface area (Å²) < 4.78 is 5.37. The van der Waals surface area contributed by atoms with E-state index in [9.17, 15) is 0 Å². The van der Waals surface area contributed by atoms with Crippen LogP contribution in [0.2, 0.25) is 0 Å². The molecule has 0 radical (unpaired) electrons. The zero-order chi connectivity index (χ0) is 13.9. The maximum absolute atomic E-state index is 6.16. The largest absolute Gasteiger partial charge is 0.356 e. The molecule has 0 aliphatic heterocycles. The molecule has 0 aliphatic rings. The Bertz CT molecular complexity index is 783. The van der Waals surface area contributed by atoms with Gasteiger partial charge in [0.2, 0.25) is 0 Å². The van der Waals surface area contributed by atoms with Crippen LogP contribution in [-0.4, -0.2) is 5.16 Å². The molecule has 20 heavy (non-hydrogen) atoms. The zero-order valence-corrected chi connectivity index (χ0v) is 10.9. The Balaban J connectivity index is 2.18. The second-order valence-corrected chi connectivity index (χ2v) is 4.63. The van der Waals surface area contributed by atoms with E-state index >= 15 is 0 Å². The number of fused-ring (bicyclic) bond motifs is 1. The smallest absolute Gasteiger partial charge is 0.167 e. The fourth-order valence-electron chi connectivity index (χ4n) is 2.35. The standard InChI is InChI=1S/C17H14N2O/c1-2-7-15(18)12-8-3-4-9-13(12)17-14-10-5-6-11-16(14)20-19-17/h1,3-6,8-11,15H,7,18H2/t15-/m1/s1. The van der Waals surface area contributed by atoms with Crippen molar-refractivity contribution in [1.29, 1.82) is 0 Å². The highest BCUT2D eigenvalue weighted by Gasteiger charge is 2.16. The predicted octanol–water partition coefficient (Wildman–Crippen LogP) is 3.52. The Morgan fingerprint density at radius 1 is 1.15 bits per heavy atom. The number of benzene rings is 2. The summed E-state index contributed by atoms with van der Waals surface area (Å²) in [6, 6.07) is 15.5. The lowest BCUT2D eigenvalue weighted by Crippen LogP contribution is -2.10. The van der Waals surface area contributed by atoms with Crippen LogP contribution in [0.4, 0.5) is 0 Å². The fraction of sp³-hybridized carbons (Fsp3) is 0.118. The predicted molar refractivity (Wildman–Crippen MR) is 79.8 cm³/mol. The summed E-state index contributed by atoms with van der Waals surface area (Å²) in [6.45, 7) is 0. The van der Waals surface area contributed by atoms with Crippen LogP contribution in [0, 0.1) is 12.3 Å². The molecule has 0 saturated carbocycles. The van der Waals surface area contributed by atoms with Gasteiger partial charge in [-0.25, -0.2) is 0 Å². The maximum atomic E-state index is 6.16. The minimum atomic E-state index is -0.202. The van der Waals surface area contributed by atoms with Gasteiger partial charge in [0.15, 0.2) is 5.58 Å². The Morgan fingerprint density at radius 2 is 1.90 bits per heavy atom. The van der Waals surface area contributed by atoms with Crippen LogP contribution in [0.1, 0.15) is 18.0 Å². The minimum absolute atomic E-state index is 0.202. The van der Waals surface area contributed by atoms with Crippen LogP contribution >= 0.6 is 0 Å². The van der Waals surface area contributed by atoms with Gasteiger partial charge in [-0.3, -0.25) is 0 Å². The molecule has 3 heteroatoms. The molecule has 1 heterocycles. The van der Waals surface area contributed by atoms with E-state index < -0.39 is 0 Å². The number of terminal acetylenes is 1. The molecule has 3 nitrogen and oxygen atoms in total.